The van der Waals surface area contributed by atoms with Gasteiger partial charge in [0.25, 0.3) is 0 Å². The Labute approximate surface area is 103 Å². The summed E-state index contributed by atoms with van der Waals surface area (Å²) in [6, 6.07) is 3.20. The Morgan fingerprint density at radius 3 is 3.00 bits per heavy atom. The van der Waals surface area contributed by atoms with Gasteiger partial charge in [0.2, 0.25) is 0 Å². The normalized spacial score (nSPS) is 31.4. The molecule has 2 fully saturated rings. The van der Waals surface area contributed by atoms with Crippen molar-refractivity contribution < 1.29 is 4.42 Å². The Balaban J connectivity index is 1.81. The van der Waals surface area contributed by atoms with Gasteiger partial charge >= 0.3 is 0 Å². The van der Waals surface area contributed by atoms with Gasteiger partial charge in [0.15, 0.2) is 0 Å². The van der Waals surface area contributed by atoms with Crippen molar-refractivity contribution in [1.29, 1.82) is 0 Å². The molecule has 94 valence electrons. The maximum absolute atomic E-state index is 5.99. The van der Waals surface area contributed by atoms with E-state index in [0.717, 1.165) is 12.0 Å². The van der Waals surface area contributed by atoms with Crippen molar-refractivity contribution in [2.75, 3.05) is 13.1 Å². The Bertz CT molecular complexity index is 349. The quantitative estimate of drug-likeness (QED) is 0.874. The molecule has 3 unspecified atom stereocenters. The molecule has 3 atom stereocenters. The first kappa shape index (κ1) is 11.3. The first-order chi connectivity index (χ1) is 8.40. The molecule has 0 aromatic carbocycles. The van der Waals surface area contributed by atoms with E-state index in [0.29, 0.717) is 12.6 Å². The van der Waals surface area contributed by atoms with Crippen LogP contribution in [0.15, 0.2) is 23.0 Å². The molecule has 3 nitrogen and oxygen atoms in total. The fraction of sp³-hybridized carbons (Fsp3) is 0.714. The minimum absolute atomic E-state index is 0.361. The summed E-state index contributed by atoms with van der Waals surface area (Å²) >= 11 is 0. The fourth-order valence-corrected chi connectivity index (χ4v) is 3.81. The van der Waals surface area contributed by atoms with Crippen LogP contribution in [0, 0.1) is 5.92 Å². The molecular formula is C14H22N2O. The lowest BCUT2D eigenvalue weighted by molar-refractivity contribution is 0.0699. The molecular weight excluding hydrogens is 212 g/mol. The zero-order chi connectivity index (χ0) is 11.7. The van der Waals surface area contributed by atoms with E-state index < -0.39 is 0 Å². The number of hydrogen-bond acceptors (Lipinski definition) is 3. The Morgan fingerprint density at radius 1 is 1.35 bits per heavy atom. The van der Waals surface area contributed by atoms with Gasteiger partial charge in [-0.3, -0.25) is 4.90 Å². The average molecular weight is 234 g/mol. The van der Waals surface area contributed by atoms with Crippen molar-refractivity contribution >= 4 is 0 Å². The van der Waals surface area contributed by atoms with Crippen LogP contribution in [0.25, 0.3) is 0 Å². The smallest absolute Gasteiger partial charge is 0.0950 e. The number of nitrogens with two attached hydrogens (primary N) is 1. The number of fused-ring (bicyclic) bond motifs is 1. The lowest BCUT2D eigenvalue weighted by Crippen LogP contribution is -2.46. The molecule has 2 aliphatic rings. The highest BCUT2D eigenvalue weighted by Crippen LogP contribution is 2.40. The van der Waals surface area contributed by atoms with Crippen LogP contribution in [0.2, 0.25) is 0 Å². The molecule has 0 amide bonds. The molecule has 1 aromatic heterocycles. The van der Waals surface area contributed by atoms with Crippen LogP contribution >= 0.6 is 0 Å². The van der Waals surface area contributed by atoms with Crippen molar-refractivity contribution in [3.63, 3.8) is 0 Å². The molecule has 17 heavy (non-hydrogen) atoms. The highest BCUT2D eigenvalue weighted by atomic mass is 16.3. The molecule has 0 spiro atoms. The summed E-state index contributed by atoms with van der Waals surface area (Å²) in [5.74, 6) is 0.921. The van der Waals surface area contributed by atoms with E-state index in [9.17, 15) is 0 Å². The van der Waals surface area contributed by atoms with Crippen molar-refractivity contribution in [2.45, 2.75) is 44.2 Å². The van der Waals surface area contributed by atoms with Crippen LogP contribution < -0.4 is 5.73 Å². The number of rotatable bonds is 3. The number of likely N-dealkylation sites (tertiary alicyclic amines) is 1. The van der Waals surface area contributed by atoms with Crippen LogP contribution in [0.3, 0.4) is 0 Å². The Kier molecular flexibility index (Phi) is 3.21. The van der Waals surface area contributed by atoms with Crippen molar-refractivity contribution in [2.24, 2.45) is 11.7 Å². The third-order valence-corrected chi connectivity index (χ3v) is 4.59. The lowest BCUT2D eigenvalue weighted by atomic mass is 9.89. The van der Waals surface area contributed by atoms with Crippen molar-refractivity contribution in [3.05, 3.63) is 24.2 Å². The summed E-state index contributed by atoms with van der Waals surface area (Å²) in [6.07, 6.45) is 10.5. The van der Waals surface area contributed by atoms with Gasteiger partial charge in [0, 0.05) is 18.2 Å². The monoisotopic (exact) mass is 234 g/mol. The molecule has 3 rings (SSSR count). The minimum atomic E-state index is 0.361. The second-order valence-electron chi connectivity index (χ2n) is 5.45. The number of piperidine rings is 1. The molecule has 1 aliphatic heterocycles. The van der Waals surface area contributed by atoms with E-state index in [2.05, 4.69) is 11.0 Å². The SMILES string of the molecule is NCC(c1ccoc1)N1CCCC2CCCC21. The number of hydrogen-bond donors (Lipinski definition) is 1. The highest BCUT2D eigenvalue weighted by molar-refractivity contribution is 5.13. The molecule has 1 aromatic rings. The first-order valence-electron chi connectivity index (χ1n) is 6.88. The molecule has 2 N–H and O–H groups in total. The molecule has 1 saturated heterocycles. The Hall–Kier alpha value is -0.800. The van der Waals surface area contributed by atoms with Crippen LogP contribution in [-0.2, 0) is 0 Å². The second kappa shape index (κ2) is 4.83. The molecule has 3 heteroatoms. The number of furan rings is 1. The average Bonchev–Trinajstić information content (AvgIpc) is 3.00. The van der Waals surface area contributed by atoms with Gasteiger partial charge in [-0.1, -0.05) is 6.42 Å². The van der Waals surface area contributed by atoms with Crippen molar-refractivity contribution in [3.8, 4) is 0 Å². The largest absolute Gasteiger partial charge is 0.472 e. The zero-order valence-corrected chi connectivity index (χ0v) is 10.3. The van der Waals surface area contributed by atoms with Crippen LogP contribution in [0.5, 0.6) is 0 Å². The van der Waals surface area contributed by atoms with Gasteiger partial charge in [-0.05, 0) is 44.2 Å². The molecule has 2 heterocycles. The van der Waals surface area contributed by atoms with Crippen molar-refractivity contribution in [1.82, 2.24) is 4.90 Å². The summed E-state index contributed by atoms with van der Waals surface area (Å²) in [7, 11) is 0. The predicted octanol–water partition coefficient (Wildman–Crippen LogP) is 2.54. The molecule has 0 bridgehead atoms. The lowest BCUT2D eigenvalue weighted by Gasteiger charge is -2.42. The van der Waals surface area contributed by atoms with Gasteiger partial charge in [0.05, 0.1) is 18.6 Å². The van der Waals surface area contributed by atoms with E-state index in [4.69, 9.17) is 10.2 Å². The Morgan fingerprint density at radius 2 is 2.24 bits per heavy atom. The first-order valence-corrected chi connectivity index (χ1v) is 6.88. The van der Waals surface area contributed by atoms with E-state index in [1.165, 1.54) is 44.2 Å². The fourth-order valence-electron chi connectivity index (χ4n) is 3.81. The summed E-state index contributed by atoms with van der Waals surface area (Å²) in [5, 5.41) is 0. The summed E-state index contributed by atoms with van der Waals surface area (Å²) in [6.45, 7) is 1.90. The van der Waals surface area contributed by atoms with Crippen LogP contribution in [-0.4, -0.2) is 24.0 Å². The van der Waals surface area contributed by atoms with Gasteiger partial charge < -0.3 is 10.2 Å². The van der Waals surface area contributed by atoms with Gasteiger partial charge in [-0.25, -0.2) is 0 Å². The number of nitrogens with zero attached hydrogens (tertiary/aromatic N) is 1. The maximum atomic E-state index is 5.99. The highest BCUT2D eigenvalue weighted by Gasteiger charge is 2.38. The minimum Gasteiger partial charge on any atom is -0.472 e. The molecule has 1 saturated carbocycles. The maximum Gasteiger partial charge on any atom is 0.0950 e. The third kappa shape index (κ3) is 2.02. The second-order valence-corrected chi connectivity index (χ2v) is 5.45. The zero-order valence-electron chi connectivity index (χ0n) is 10.3. The van der Waals surface area contributed by atoms with Gasteiger partial charge in [-0.15, -0.1) is 0 Å². The standard InChI is InChI=1S/C14H22N2O/c15-9-14(12-6-8-17-10-12)16-7-2-4-11-3-1-5-13(11)16/h6,8,10-11,13-14H,1-5,7,9,15H2. The van der Waals surface area contributed by atoms with E-state index in [1.54, 1.807) is 6.26 Å². The summed E-state index contributed by atoms with van der Waals surface area (Å²) in [5.41, 5.74) is 7.24. The topological polar surface area (TPSA) is 42.4 Å². The van der Waals surface area contributed by atoms with E-state index in [-0.39, 0.29) is 0 Å². The summed E-state index contributed by atoms with van der Waals surface area (Å²) < 4.78 is 5.22. The molecule has 0 radical (unpaired) electrons. The summed E-state index contributed by atoms with van der Waals surface area (Å²) in [4.78, 5) is 2.64. The van der Waals surface area contributed by atoms with Crippen LogP contribution in [0.1, 0.15) is 43.7 Å². The van der Waals surface area contributed by atoms with Crippen LogP contribution in [0.4, 0.5) is 0 Å². The molecule has 1 aliphatic carbocycles. The third-order valence-electron chi connectivity index (χ3n) is 4.59. The van der Waals surface area contributed by atoms with E-state index in [1.807, 2.05) is 6.26 Å². The predicted molar refractivity (Wildman–Crippen MR) is 67.6 cm³/mol. The van der Waals surface area contributed by atoms with Gasteiger partial charge in [0.1, 0.15) is 0 Å². The van der Waals surface area contributed by atoms with E-state index >= 15 is 0 Å². The van der Waals surface area contributed by atoms with Gasteiger partial charge in [-0.2, -0.15) is 0 Å².